The first-order chi connectivity index (χ1) is 33.2. The molecule has 0 spiro atoms. The second-order valence-corrected chi connectivity index (χ2v) is 18.4. The molecule has 1 nitrogen and oxygen atoms in total. The first kappa shape index (κ1) is 36.5. The summed E-state index contributed by atoms with van der Waals surface area (Å²) in [4.78, 5) is 2.45. The lowest BCUT2D eigenvalue weighted by atomic mass is 9.89. The first-order valence-corrected chi connectivity index (χ1v) is 23.3. The van der Waals surface area contributed by atoms with E-state index in [0.29, 0.717) is 0 Å². The van der Waals surface area contributed by atoms with Gasteiger partial charge in [-0.05, 0) is 155 Å². The van der Waals surface area contributed by atoms with E-state index in [2.05, 4.69) is 241 Å². The van der Waals surface area contributed by atoms with E-state index < -0.39 is 0 Å². The molecule has 0 atom stereocenters. The Balaban J connectivity index is 0.909. The van der Waals surface area contributed by atoms with Gasteiger partial charge in [-0.1, -0.05) is 206 Å². The van der Waals surface area contributed by atoms with Gasteiger partial charge in [0.2, 0.25) is 0 Å². The SMILES string of the molecule is c1ccc(N(c2ccc(-c3ccc4ccc5cccc6ccc3c4c56)cc2)c2ccc(-c3ccc4ccc5cccc6ccc3c4c56)cc2)c(-c2ccc3ccc4cccc5ccc2c3c45)c1. The van der Waals surface area contributed by atoms with Crippen molar-refractivity contribution >= 4 is 114 Å². The fourth-order valence-electron chi connectivity index (χ4n) is 11.8. The van der Waals surface area contributed by atoms with Crippen LogP contribution in [0, 0.1) is 0 Å². The lowest BCUT2D eigenvalue weighted by Gasteiger charge is -2.29. The third kappa shape index (κ3) is 5.31. The normalized spacial score (nSPS) is 12.2. The van der Waals surface area contributed by atoms with Crippen LogP contribution in [0.1, 0.15) is 0 Å². The average molecular weight is 846 g/mol. The molecule has 0 saturated carbocycles. The Kier molecular flexibility index (Phi) is 7.56. The zero-order chi connectivity index (χ0) is 43.7. The molecule has 0 radical (unpaired) electrons. The van der Waals surface area contributed by atoms with Crippen LogP contribution in [-0.2, 0) is 0 Å². The molecule has 0 aliphatic heterocycles. The van der Waals surface area contributed by atoms with Crippen LogP contribution in [-0.4, -0.2) is 0 Å². The van der Waals surface area contributed by atoms with Gasteiger partial charge in [-0.2, -0.15) is 0 Å². The minimum absolute atomic E-state index is 1.10. The van der Waals surface area contributed by atoms with Gasteiger partial charge < -0.3 is 4.90 Å². The van der Waals surface area contributed by atoms with E-state index in [0.717, 1.165) is 17.1 Å². The van der Waals surface area contributed by atoms with Crippen molar-refractivity contribution in [2.75, 3.05) is 4.90 Å². The molecule has 0 unspecified atom stereocenters. The van der Waals surface area contributed by atoms with E-state index >= 15 is 0 Å². The predicted molar refractivity (Wildman–Crippen MR) is 289 cm³/mol. The molecule has 0 fully saturated rings. The van der Waals surface area contributed by atoms with Crippen molar-refractivity contribution < 1.29 is 0 Å². The zero-order valence-corrected chi connectivity index (χ0v) is 36.5. The van der Waals surface area contributed by atoms with Crippen molar-refractivity contribution in [3.8, 4) is 33.4 Å². The number of benzene rings is 15. The van der Waals surface area contributed by atoms with Crippen LogP contribution in [0.4, 0.5) is 17.1 Å². The van der Waals surface area contributed by atoms with Gasteiger partial charge in [-0.25, -0.2) is 0 Å². The van der Waals surface area contributed by atoms with Gasteiger partial charge in [0.25, 0.3) is 0 Å². The van der Waals surface area contributed by atoms with Crippen molar-refractivity contribution in [1.29, 1.82) is 0 Å². The third-order valence-corrected chi connectivity index (χ3v) is 14.9. The summed E-state index contributed by atoms with van der Waals surface area (Å²) in [5.41, 5.74) is 10.6. The molecule has 0 saturated heterocycles. The molecule has 0 N–H and O–H groups in total. The zero-order valence-electron chi connectivity index (χ0n) is 36.5. The molecule has 15 rings (SSSR count). The van der Waals surface area contributed by atoms with E-state index in [1.165, 1.54) is 130 Å². The lowest BCUT2D eigenvalue weighted by Crippen LogP contribution is -2.11. The first-order valence-electron chi connectivity index (χ1n) is 23.3. The van der Waals surface area contributed by atoms with Crippen molar-refractivity contribution in [3.05, 3.63) is 237 Å². The van der Waals surface area contributed by atoms with Crippen LogP contribution >= 0.6 is 0 Å². The lowest BCUT2D eigenvalue weighted by molar-refractivity contribution is 1.28. The van der Waals surface area contributed by atoms with Gasteiger partial charge in [0.05, 0.1) is 5.69 Å². The van der Waals surface area contributed by atoms with E-state index in [9.17, 15) is 0 Å². The third-order valence-electron chi connectivity index (χ3n) is 14.9. The largest absolute Gasteiger partial charge is 0.310 e. The maximum atomic E-state index is 2.45. The highest BCUT2D eigenvalue weighted by atomic mass is 15.1. The summed E-state index contributed by atoms with van der Waals surface area (Å²) in [7, 11) is 0. The van der Waals surface area contributed by atoms with Crippen molar-refractivity contribution in [3.63, 3.8) is 0 Å². The number of para-hydroxylation sites is 1. The van der Waals surface area contributed by atoms with Crippen molar-refractivity contribution in [2.24, 2.45) is 0 Å². The average Bonchev–Trinajstić information content (AvgIpc) is 3.39. The summed E-state index contributed by atoms with van der Waals surface area (Å²) in [6.45, 7) is 0. The van der Waals surface area contributed by atoms with Crippen LogP contribution in [0.2, 0.25) is 0 Å². The summed E-state index contributed by atoms with van der Waals surface area (Å²) < 4.78 is 0. The Bertz CT molecular complexity index is 4190. The van der Waals surface area contributed by atoms with Crippen LogP contribution in [0.3, 0.4) is 0 Å². The van der Waals surface area contributed by atoms with Crippen LogP contribution < -0.4 is 4.90 Å². The topological polar surface area (TPSA) is 3.24 Å². The highest BCUT2D eigenvalue weighted by Gasteiger charge is 2.21. The second kappa shape index (κ2) is 13.9. The van der Waals surface area contributed by atoms with Crippen LogP contribution in [0.15, 0.2) is 237 Å². The van der Waals surface area contributed by atoms with Gasteiger partial charge in [0.15, 0.2) is 0 Å². The van der Waals surface area contributed by atoms with Crippen LogP contribution in [0.25, 0.3) is 130 Å². The number of hydrogen-bond donors (Lipinski definition) is 0. The van der Waals surface area contributed by atoms with E-state index in [4.69, 9.17) is 0 Å². The molecule has 0 heterocycles. The molecular weight excluding hydrogens is 807 g/mol. The maximum absolute atomic E-state index is 2.45. The molecule has 308 valence electrons. The van der Waals surface area contributed by atoms with Crippen molar-refractivity contribution in [1.82, 2.24) is 0 Å². The quantitative estimate of drug-likeness (QED) is 0.151. The Hall–Kier alpha value is -8.78. The summed E-state index contributed by atoms with van der Waals surface area (Å²) in [5.74, 6) is 0. The number of hydrogen-bond acceptors (Lipinski definition) is 1. The highest BCUT2D eigenvalue weighted by Crippen LogP contribution is 2.47. The molecule has 0 aromatic heterocycles. The Labute approximate surface area is 387 Å². The minimum atomic E-state index is 1.10. The number of nitrogens with zero attached hydrogens (tertiary/aromatic N) is 1. The van der Waals surface area contributed by atoms with Crippen LogP contribution in [0.5, 0.6) is 0 Å². The van der Waals surface area contributed by atoms with Gasteiger partial charge >= 0.3 is 0 Å². The Morgan fingerprint density at radius 2 is 0.507 bits per heavy atom. The van der Waals surface area contributed by atoms with Crippen molar-refractivity contribution in [2.45, 2.75) is 0 Å². The second-order valence-electron chi connectivity index (χ2n) is 18.4. The summed E-state index contributed by atoms with van der Waals surface area (Å²) in [5, 5.41) is 23.4. The summed E-state index contributed by atoms with van der Waals surface area (Å²) >= 11 is 0. The van der Waals surface area contributed by atoms with E-state index in [-0.39, 0.29) is 0 Å². The number of anilines is 3. The minimum Gasteiger partial charge on any atom is -0.310 e. The fourth-order valence-corrected chi connectivity index (χ4v) is 11.8. The van der Waals surface area contributed by atoms with Gasteiger partial charge in [0.1, 0.15) is 0 Å². The molecule has 15 aromatic rings. The van der Waals surface area contributed by atoms with Gasteiger partial charge in [-0.15, -0.1) is 0 Å². The molecule has 0 aliphatic rings. The Morgan fingerprint density at radius 1 is 0.194 bits per heavy atom. The smallest absolute Gasteiger partial charge is 0.0540 e. The molecule has 0 amide bonds. The van der Waals surface area contributed by atoms with E-state index in [1.807, 2.05) is 0 Å². The molecule has 1 heteroatoms. The Morgan fingerprint density at radius 3 is 0.910 bits per heavy atom. The number of rotatable bonds is 6. The molecule has 15 aromatic carbocycles. The molecule has 0 aliphatic carbocycles. The van der Waals surface area contributed by atoms with Gasteiger partial charge in [0, 0.05) is 16.9 Å². The highest BCUT2D eigenvalue weighted by molar-refractivity contribution is 6.28. The molecular formula is C66H39N. The summed E-state index contributed by atoms with van der Waals surface area (Å²) in [6.07, 6.45) is 0. The standard InChI is InChI=1S/C66H39N/c1-2-13-60(56(12-1)55-36-26-50-19-16-44-8-5-11-47-29-39-59(55)66(50)63(44)47)67(51-30-20-40(21-31-51)53-34-24-48-17-14-42-6-3-9-45-27-37-57(53)64(48)61(42)45)52-32-22-41(23-33-52)54-35-25-49-18-15-43-7-4-10-46-28-38-58(54)65(49)62(43)46/h1-39H. The van der Waals surface area contributed by atoms with E-state index in [1.54, 1.807) is 0 Å². The fraction of sp³-hybridized carbons (Fsp3) is 0. The van der Waals surface area contributed by atoms with Gasteiger partial charge in [-0.3, -0.25) is 0 Å². The summed E-state index contributed by atoms with van der Waals surface area (Å²) in [6, 6.07) is 88.6. The molecule has 67 heavy (non-hydrogen) atoms. The molecule has 0 bridgehead atoms. The maximum Gasteiger partial charge on any atom is 0.0540 e. The monoisotopic (exact) mass is 845 g/mol. The predicted octanol–water partition coefficient (Wildman–Crippen LogP) is 18.8.